The number of hydrogen-bond donors (Lipinski definition) is 1. The third-order valence-electron chi connectivity index (χ3n) is 8.54. The van der Waals surface area contributed by atoms with E-state index in [0.29, 0.717) is 32.8 Å². The van der Waals surface area contributed by atoms with Crippen LogP contribution in [0.15, 0.2) is 56.9 Å². The molecule has 250 valence electrons. The predicted molar refractivity (Wildman–Crippen MR) is 194 cm³/mol. The van der Waals surface area contributed by atoms with Gasteiger partial charge in [-0.1, -0.05) is 23.2 Å². The molecule has 15 heteroatoms. The number of sulfonamides is 1. The van der Waals surface area contributed by atoms with E-state index in [9.17, 15) is 16.8 Å². The van der Waals surface area contributed by atoms with E-state index in [1.54, 1.807) is 42.6 Å². The molecule has 0 atom stereocenters. The monoisotopic (exact) mass is 753 g/mol. The minimum absolute atomic E-state index is 0.0141. The van der Waals surface area contributed by atoms with Gasteiger partial charge in [0, 0.05) is 52.2 Å². The number of nitrogens with zero attached hydrogens (tertiary/aromatic N) is 3. The van der Waals surface area contributed by atoms with Crippen LogP contribution in [0.5, 0.6) is 5.75 Å². The first kappa shape index (κ1) is 34.3. The van der Waals surface area contributed by atoms with Gasteiger partial charge in [0.2, 0.25) is 0 Å². The molecule has 0 spiro atoms. The molecule has 1 saturated heterocycles. The first-order chi connectivity index (χ1) is 22.2. The first-order valence-corrected chi connectivity index (χ1v) is 20.0. The van der Waals surface area contributed by atoms with Gasteiger partial charge in [-0.15, -0.1) is 22.7 Å². The van der Waals surface area contributed by atoms with Crippen LogP contribution in [-0.2, 0) is 26.6 Å². The summed E-state index contributed by atoms with van der Waals surface area (Å²) in [6.07, 6.45) is 0.670. The predicted octanol–water partition coefficient (Wildman–Crippen LogP) is 7.48. The maximum absolute atomic E-state index is 13.8. The SMILES string of the molecule is COc1cc2c(cc1N1CCN(C)CC1)N(S(=O)(=O)c1sc3ccc(Cl)cc3c1C)CC2.Cc1c(S(=O)(=O)O)sc2ccc(Cl)cc12. The highest BCUT2D eigenvalue weighted by Crippen LogP contribution is 2.44. The van der Waals surface area contributed by atoms with Crippen LogP contribution in [0.1, 0.15) is 16.7 Å². The molecule has 0 saturated carbocycles. The molecule has 0 amide bonds. The van der Waals surface area contributed by atoms with Crippen LogP contribution in [0.4, 0.5) is 11.4 Å². The molecule has 5 aromatic rings. The molecule has 4 heterocycles. The van der Waals surface area contributed by atoms with E-state index in [4.69, 9.17) is 32.5 Å². The summed E-state index contributed by atoms with van der Waals surface area (Å²) in [5.41, 5.74) is 4.02. The zero-order valence-electron chi connectivity index (χ0n) is 26.1. The molecule has 2 aliphatic rings. The van der Waals surface area contributed by atoms with E-state index in [0.717, 1.165) is 85.9 Å². The number of ether oxygens (including phenoxy) is 1. The summed E-state index contributed by atoms with van der Waals surface area (Å²) in [5, 5.41) is 2.82. The molecule has 0 aliphatic carbocycles. The van der Waals surface area contributed by atoms with Gasteiger partial charge in [-0.05, 0) is 103 Å². The Bertz CT molecular complexity index is 2230. The average Bonchev–Trinajstić information content (AvgIpc) is 3.70. The standard InChI is InChI=1S/C23H26ClN3O3S2.C9H7ClO3S2/c1-15-18-13-17(24)4-5-22(18)31-23(15)32(28,29)27-7-6-16-12-21(30-3)20(14-19(16)27)26-10-8-25(2)9-11-26;1-5-7-4-6(10)2-3-8(7)14-9(5)15(11,12)13/h4-5,12-14H,6-11H2,1-3H3;2-4H,1H3,(H,11,12,13). The maximum Gasteiger partial charge on any atom is 0.304 e. The fourth-order valence-corrected chi connectivity index (χ4v) is 11.8. The van der Waals surface area contributed by atoms with Crippen LogP contribution in [0.2, 0.25) is 10.0 Å². The van der Waals surface area contributed by atoms with Crippen LogP contribution in [0.25, 0.3) is 20.2 Å². The molecule has 0 radical (unpaired) electrons. The molecule has 3 aromatic carbocycles. The summed E-state index contributed by atoms with van der Waals surface area (Å²) in [4.78, 5) is 4.58. The number of benzene rings is 3. The number of piperazine rings is 1. The van der Waals surface area contributed by atoms with Gasteiger partial charge < -0.3 is 14.5 Å². The van der Waals surface area contributed by atoms with E-state index in [2.05, 4.69) is 16.8 Å². The number of aryl methyl sites for hydroxylation is 2. The van der Waals surface area contributed by atoms with Gasteiger partial charge in [0.15, 0.2) is 4.21 Å². The van der Waals surface area contributed by atoms with Crippen LogP contribution in [0, 0.1) is 13.8 Å². The van der Waals surface area contributed by atoms with Crippen molar-refractivity contribution in [2.45, 2.75) is 28.7 Å². The largest absolute Gasteiger partial charge is 0.495 e. The molecule has 1 fully saturated rings. The minimum atomic E-state index is -4.13. The third-order valence-corrected chi connectivity index (χ3v) is 15.4. The quantitative estimate of drug-likeness (QED) is 0.184. The number of methoxy groups -OCH3 is 1. The van der Waals surface area contributed by atoms with Crippen molar-refractivity contribution in [1.29, 1.82) is 0 Å². The minimum Gasteiger partial charge on any atom is -0.495 e. The number of thiophene rings is 2. The Morgan fingerprint density at radius 1 is 0.766 bits per heavy atom. The smallest absolute Gasteiger partial charge is 0.304 e. The second-order valence-corrected chi connectivity index (χ2v) is 18.2. The van der Waals surface area contributed by atoms with E-state index in [1.165, 1.54) is 11.3 Å². The average molecular weight is 755 g/mol. The molecule has 47 heavy (non-hydrogen) atoms. The molecule has 1 N–H and O–H groups in total. The van der Waals surface area contributed by atoms with Crippen molar-refractivity contribution < 1.29 is 26.1 Å². The number of halogens is 2. The Morgan fingerprint density at radius 2 is 1.32 bits per heavy atom. The van der Waals surface area contributed by atoms with Crippen LogP contribution >= 0.6 is 45.9 Å². The van der Waals surface area contributed by atoms with Gasteiger partial charge in [0.25, 0.3) is 10.0 Å². The zero-order valence-corrected chi connectivity index (χ0v) is 30.9. The molecular formula is C32H33Cl2N3O6S4. The van der Waals surface area contributed by atoms with Crippen molar-refractivity contribution in [3.05, 3.63) is 75.3 Å². The lowest BCUT2D eigenvalue weighted by atomic mass is 10.1. The highest BCUT2D eigenvalue weighted by molar-refractivity contribution is 7.95. The van der Waals surface area contributed by atoms with Crippen LogP contribution < -0.4 is 13.9 Å². The Hall–Kier alpha value is -2.62. The zero-order chi connectivity index (χ0) is 33.8. The van der Waals surface area contributed by atoms with E-state index < -0.39 is 20.1 Å². The summed E-state index contributed by atoms with van der Waals surface area (Å²) in [6.45, 7) is 7.64. The Balaban J connectivity index is 0.000000215. The molecule has 7 rings (SSSR count). The van der Waals surface area contributed by atoms with Crippen molar-refractivity contribution in [3.8, 4) is 5.75 Å². The first-order valence-electron chi connectivity index (χ1n) is 14.7. The van der Waals surface area contributed by atoms with Gasteiger partial charge in [-0.3, -0.25) is 8.86 Å². The topological polar surface area (TPSA) is 107 Å². The van der Waals surface area contributed by atoms with E-state index >= 15 is 0 Å². The Morgan fingerprint density at radius 3 is 1.87 bits per heavy atom. The van der Waals surface area contributed by atoms with Crippen molar-refractivity contribution >= 4 is 97.6 Å². The third kappa shape index (κ3) is 6.56. The lowest BCUT2D eigenvalue weighted by molar-refractivity contribution is 0.311. The maximum atomic E-state index is 13.8. The fourth-order valence-electron chi connectivity index (χ4n) is 6.02. The fraction of sp³-hybridized carbons (Fsp3) is 0.312. The molecule has 0 bridgehead atoms. The highest BCUT2D eigenvalue weighted by atomic mass is 35.5. The van der Waals surface area contributed by atoms with Crippen LogP contribution in [-0.4, -0.2) is 73.2 Å². The molecule has 2 aromatic heterocycles. The van der Waals surface area contributed by atoms with Crippen molar-refractivity contribution in [2.24, 2.45) is 0 Å². The van der Waals surface area contributed by atoms with Gasteiger partial charge in [-0.2, -0.15) is 8.42 Å². The molecule has 0 unspecified atom stereocenters. The summed E-state index contributed by atoms with van der Waals surface area (Å²) in [6, 6.07) is 14.7. The van der Waals surface area contributed by atoms with Crippen molar-refractivity contribution in [2.75, 3.05) is 56.1 Å². The summed E-state index contributed by atoms with van der Waals surface area (Å²) < 4.78 is 68.1. The number of hydrogen-bond acceptors (Lipinski definition) is 9. The highest BCUT2D eigenvalue weighted by Gasteiger charge is 2.35. The number of likely N-dealkylation sites (N-methyl/N-ethyl adjacent to an activating group) is 1. The normalized spacial score (nSPS) is 15.6. The Labute approximate surface area is 292 Å². The Kier molecular flexibility index (Phi) is 9.48. The summed E-state index contributed by atoms with van der Waals surface area (Å²) in [5.74, 6) is 0.806. The molecule has 9 nitrogen and oxygen atoms in total. The molecule has 2 aliphatic heterocycles. The van der Waals surface area contributed by atoms with Crippen molar-refractivity contribution in [3.63, 3.8) is 0 Å². The van der Waals surface area contributed by atoms with Gasteiger partial charge >= 0.3 is 10.1 Å². The van der Waals surface area contributed by atoms with Crippen LogP contribution in [0.3, 0.4) is 0 Å². The number of rotatable bonds is 5. The number of fused-ring (bicyclic) bond motifs is 3. The van der Waals surface area contributed by atoms with Crippen molar-refractivity contribution in [1.82, 2.24) is 4.90 Å². The van der Waals surface area contributed by atoms with Gasteiger partial charge in [-0.25, -0.2) is 8.42 Å². The second kappa shape index (κ2) is 13.0. The van der Waals surface area contributed by atoms with Gasteiger partial charge in [0.1, 0.15) is 9.96 Å². The second-order valence-electron chi connectivity index (χ2n) is 11.6. The molecular weight excluding hydrogens is 722 g/mol. The lowest BCUT2D eigenvalue weighted by Crippen LogP contribution is -2.44. The number of anilines is 2. The summed E-state index contributed by atoms with van der Waals surface area (Å²) in [7, 11) is -4.03. The van der Waals surface area contributed by atoms with E-state index in [1.807, 2.05) is 31.2 Å². The van der Waals surface area contributed by atoms with E-state index in [-0.39, 0.29) is 4.21 Å². The van der Waals surface area contributed by atoms with Gasteiger partial charge in [0.05, 0.1) is 18.5 Å². The lowest BCUT2D eigenvalue weighted by Gasteiger charge is -2.35. The summed E-state index contributed by atoms with van der Waals surface area (Å²) >= 11 is 14.3.